The normalized spacial score (nSPS) is 14.3. The number of nitrogens with zero attached hydrogens (tertiary/aromatic N) is 2. The fraction of sp³-hybridized carbons (Fsp3) is 0.833. The van der Waals surface area contributed by atoms with Crippen LogP contribution in [0.5, 0.6) is 0 Å². The molecular weight excluding hydrogens is 220 g/mol. The predicted octanol–water partition coefficient (Wildman–Crippen LogP) is 1.88. The van der Waals surface area contributed by atoms with Crippen molar-refractivity contribution in [2.45, 2.75) is 46.2 Å². The quantitative estimate of drug-likeness (QED) is 0.803. The minimum atomic E-state index is -0.995. The first kappa shape index (κ1) is 15.7. The topological polar surface area (TPSA) is 60.9 Å². The molecule has 0 rings (SSSR count). The van der Waals surface area contributed by atoms with Gasteiger partial charge >= 0.3 is 12.0 Å². The van der Waals surface area contributed by atoms with Crippen LogP contribution in [0.25, 0.3) is 0 Å². The Morgan fingerprint density at radius 1 is 1.06 bits per heavy atom. The maximum absolute atomic E-state index is 12.0. The van der Waals surface area contributed by atoms with Crippen LogP contribution in [0.3, 0.4) is 0 Å². The predicted molar refractivity (Wildman–Crippen MR) is 66.9 cm³/mol. The molecule has 17 heavy (non-hydrogen) atoms. The van der Waals surface area contributed by atoms with Crippen LogP contribution in [0.2, 0.25) is 0 Å². The molecule has 0 heterocycles. The summed E-state index contributed by atoms with van der Waals surface area (Å²) in [6.45, 7) is 7.66. The molecule has 0 aromatic rings. The standard InChI is InChI=1S/C12H24N2O3/c1-8(2)7-9(3)13(5)12(17)14(6)10(4)11(15)16/h8-10H,7H2,1-6H3,(H,15,16). The zero-order valence-corrected chi connectivity index (χ0v) is 11.6. The fourth-order valence-electron chi connectivity index (χ4n) is 1.61. The first-order valence-corrected chi connectivity index (χ1v) is 5.90. The number of amides is 2. The summed E-state index contributed by atoms with van der Waals surface area (Å²) in [7, 11) is 3.22. The lowest BCUT2D eigenvalue weighted by atomic mass is 10.0. The monoisotopic (exact) mass is 244 g/mol. The number of likely N-dealkylation sites (N-methyl/N-ethyl adjacent to an activating group) is 1. The van der Waals surface area contributed by atoms with Gasteiger partial charge < -0.3 is 14.9 Å². The molecule has 0 radical (unpaired) electrons. The van der Waals surface area contributed by atoms with E-state index in [1.165, 1.54) is 18.9 Å². The molecule has 0 aliphatic rings. The van der Waals surface area contributed by atoms with Crippen LogP contribution in [0.4, 0.5) is 4.79 Å². The minimum Gasteiger partial charge on any atom is -0.480 e. The lowest BCUT2D eigenvalue weighted by Crippen LogP contribution is -2.49. The number of hydrogen-bond donors (Lipinski definition) is 1. The van der Waals surface area contributed by atoms with Gasteiger partial charge in [0.1, 0.15) is 6.04 Å². The molecule has 2 atom stereocenters. The number of hydrogen-bond acceptors (Lipinski definition) is 2. The molecule has 0 aliphatic carbocycles. The molecule has 0 fully saturated rings. The van der Waals surface area contributed by atoms with Gasteiger partial charge in [-0.25, -0.2) is 9.59 Å². The SMILES string of the molecule is CC(C)CC(C)N(C)C(=O)N(C)C(C)C(=O)O. The summed E-state index contributed by atoms with van der Waals surface area (Å²) in [5, 5.41) is 8.85. The van der Waals surface area contributed by atoms with Crippen LogP contribution >= 0.6 is 0 Å². The Hall–Kier alpha value is -1.26. The molecule has 0 bridgehead atoms. The molecule has 5 nitrogen and oxygen atoms in total. The molecule has 0 spiro atoms. The van der Waals surface area contributed by atoms with Gasteiger partial charge in [0.15, 0.2) is 0 Å². The zero-order valence-electron chi connectivity index (χ0n) is 11.6. The molecule has 1 N–H and O–H groups in total. The third-order valence-electron chi connectivity index (χ3n) is 3.02. The number of carboxylic acid groups (broad SMARTS) is 1. The second kappa shape index (κ2) is 6.47. The Kier molecular flexibility index (Phi) is 5.99. The Balaban J connectivity index is 4.53. The van der Waals surface area contributed by atoms with E-state index in [2.05, 4.69) is 13.8 Å². The van der Waals surface area contributed by atoms with Gasteiger partial charge in [0.05, 0.1) is 0 Å². The van der Waals surface area contributed by atoms with Crippen LogP contribution in [-0.4, -0.2) is 53.1 Å². The third kappa shape index (κ3) is 4.63. The van der Waals surface area contributed by atoms with E-state index in [0.717, 1.165) is 6.42 Å². The van der Waals surface area contributed by atoms with Crippen molar-refractivity contribution in [2.24, 2.45) is 5.92 Å². The summed E-state index contributed by atoms with van der Waals surface area (Å²) in [4.78, 5) is 25.6. The van der Waals surface area contributed by atoms with E-state index in [1.54, 1.807) is 11.9 Å². The van der Waals surface area contributed by atoms with Crippen molar-refractivity contribution >= 4 is 12.0 Å². The summed E-state index contributed by atoms with van der Waals surface area (Å²) >= 11 is 0. The number of urea groups is 1. The lowest BCUT2D eigenvalue weighted by Gasteiger charge is -2.32. The fourth-order valence-corrected chi connectivity index (χ4v) is 1.61. The molecule has 100 valence electrons. The first-order valence-electron chi connectivity index (χ1n) is 5.90. The van der Waals surface area contributed by atoms with Crippen LogP contribution in [-0.2, 0) is 4.79 Å². The molecule has 2 unspecified atom stereocenters. The van der Waals surface area contributed by atoms with Gasteiger partial charge in [0.25, 0.3) is 0 Å². The van der Waals surface area contributed by atoms with Gasteiger partial charge in [-0.05, 0) is 26.2 Å². The van der Waals surface area contributed by atoms with E-state index in [0.29, 0.717) is 5.92 Å². The van der Waals surface area contributed by atoms with Gasteiger partial charge in [0, 0.05) is 20.1 Å². The molecule has 0 saturated heterocycles. The molecule has 0 aromatic carbocycles. The van der Waals surface area contributed by atoms with E-state index in [-0.39, 0.29) is 12.1 Å². The highest BCUT2D eigenvalue weighted by atomic mass is 16.4. The van der Waals surface area contributed by atoms with E-state index >= 15 is 0 Å². The number of carboxylic acids is 1. The second-order valence-electron chi connectivity index (χ2n) is 5.00. The summed E-state index contributed by atoms with van der Waals surface area (Å²) in [5.74, 6) is -0.492. The Labute approximate surface area is 103 Å². The molecule has 0 aliphatic heterocycles. The summed E-state index contributed by atoms with van der Waals surface area (Å²) in [6.07, 6.45) is 0.900. The highest BCUT2D eigenvalue weighted by Gasteiger charge is 2.26. The molecule has 0 aromatic heterocycles. The number of aliphatic carboxylic acids is 1. The van der Waals surface area contributed by atoms with Crippen LogP contribution in [0.1, 0.15) is 34.1 Å². The molecule has 0 saturated carbocycles. The molecule has 5 heteroatoms. The van der Waals surface area contributed by atoms with E-state index in [1.807, 2.05) is 6.92 Å². The largest absolute Gasteiger partial charge is 0.480 e. The lowest BCUT2D eigenvalue weighted by molar-refractivity contribution is -0.141. The number of carbonyl (C=O) groups is 2. The highest BCUT2D eigenvalue weighted by Crippen LogP contribution is 2.12. The van der Waals surface area contributed by atoms with E-state index in [4.69, 9.17) is 5.11 Å². The Morgan fingerprint density at radius 2 is 1.53 bits per heavy atom. The molecular formula is C12H24N2O3. The zero-order chi connectivity index (χ0) is 13.7. The van der Waals surface area contributed by atoms with Crippen LogP contribution < -0.4 is 0 Å². The number of rotatable bonds is 5. The van der Waals surface area contributed by atoms with Crippen molar-refractivity contribution in [1.82, 2.24) is 9.80 Å². The van der Waals surface area contributed by atoms with Crippen molar-refractivity contribution in [3.8, 4) is 0 Å². The van der Waals surface area contributed by atoms with Gasteiger partial charge in [-0.15, -0.1) is 0 Å². The Bertz CT molecular complexity index is 279. The van der Waals surface area contributed by atoms with E-state index in [9.17, 15) is 9.59 Å². The highest BCUT2D eigenvalue weighted by molar-refractivity contribution is 5.82. The second-order valence-corrected chi connectivity index (χ2v) is 5.00. The van der Waals surface area contributed by atoms with Gasteiger partial charge in [-0.1, -0.05) is 13.8 Å². The number of carbonyl (C=O) groups excluding carboxylic acids is 1. The summed E-state index contributed by atoms with van der Waals surface area (Å²) < 4.78 is 0. The van der Waals surface area contributed by atoms with Crippen molar-refractivity contribution in [3.05, 3.63) is 0 Å². The van der Waals surface area contributed by atoms with Crippen molar-refractivity contribution in [1.29, 1.82) is 0 Å². The average Bonchev–Trinajstić information content (AvgIpc) is 2.23. The van der Waals surface area contributed by atoms with Crippen LogP contribution in [0.15, 0.2) is 0 Å². The van der Waals surface area contributed by atoms with Gasteiger partial charge in [0.2, 0.25) is 0 Å². The maximum atomic E-state index is 12.0. The maximum Gasteiger partial charge on any atom is 0.326 e. The third-order valence-corrected chi connectivity index (χ3v) is 3.02. The summed E-state index contributed by atoms with van der Waals surface area (Å²) in [6, 6.07) is -0.963. The molecule has 2 amide bonds. The summed E-state index contributed by atoms with van der Waals surface area (Å²) in [5.41, 5.74) is 0. The van der Waals surface area contributed by atoms with Crippen molar-refractivity contribution < 1.29 is 14.7 Å². The van der Waals surface area contributed by atoms with Gasteiger partial charge in [-0.2, -0.15) is 0 Å². The smallest absolute Gasteiger partial charge is 0.326 e. The van der Waals surface area contributed by atoms with Crippen LogP contribution in [0, 0.1) is 5.92 Å². The minimum absolute atomic E-state index is 0.103. The van der Waals surface area contributed by atoms with E-state index < -0.39 is 12.0 Å². The Morgan fingerprint density at radius 3 is 1.88 bits per heavy atom. The first-order chi connectivity index (χ1) is 7.68. The average molecular weight is 244 g/mol. The van der Waals surface area contributed by atoms with Gasteiger partial charge in [-0.3, -0.25) is 0 Å². The van der Waals surface area contributed by atoms with Crippen molar-refractivity contribution in [2.75, 3.05) is 14.1 Å². The van der Waals surface area contributed by atoms with Crippen molar-refractivity contribution in [3.63, 3.8) is 0 Å².